The number of rotatable bonds is 9. The number of hydrogen-bond acceptors (Lipinski definition) is 7. The fourth-order valence-corrected chi connectivity index (χ4v) is 3.01. The van der Waals surface area contributed by atoms with E-state index in [4.69, 9.17) is 14.2 Å². The monoisotopic (exact) mass is 490 g/mol. The molecule has 10 nitrogen and oxygen atoms in total. The lowest BCUT2D eigenvalue weighted by Gasteiger charge is -2.11. The fourth-order valence-electron chi connectivity index (χ4n) is 3.01. The van der Waals surface area contributed by atoms with Gasteiger partial charge < -0.3 is 24.8 Å². The number of nitrogens with one attached hydrogen (secondary N) is 3. The third kappa shape index (κ3) is 7.32. The Morgan fingerprint density at radius 1 is 0.861 bits per heavy atom. The molecule has 0 aliphatic rings. The Kier molecular flexibility index (Phi) is 8.99. The van der Waals surface area contributed by atoms with Gasteiger partial charge in [-0.3, -0.25) is 14.4 Å². The van der Waals surface area contributed by atoms with Crippen LogP contribution in [0.3, 0.4) is 0 Å². The summed E-state index contributed by atoms with van der Waals surface area (Å²) in [5.74, 6) is -0.705. The number of anilines is 2. The summed E-state index contributed by atoms with van der Waals surface area (Å²) in [4.78, 5) is 36.3. The third-order valence-electron chi connectivity index (χ3n) is 4.90. The molecule has 0 radical (unpaired) electrons. The van der Waals surface area contributed by atoms with E-state index in [2.05, 4.69) is 21.2 Å². The lowest BCUT2D eigenvalue weighted by Crippen LogP contribution is -2.32. The molecule has 3 aromatic rings. The standard InChI is InChI=1S/C26H26N4O6/c1-17-6-4-5-7-21(17)29-25(32)26(33)30-27-15-18-8-13-22(23(14-18)35-3)36-16-24(31)28-19-9-11-20(34-2)12-10-19/h4-15H,16H2,1-3H3,(H,28,31)(H,29,32)(H,30,33)/b27-15-. The van der Waals surface area contributed by atoms with E-state index in [-0.39, 0.29) is 12.5 Å². The minimum atomic E-state index is -0.913. The Morgan fingerprint density at radius 2 is 1.61 bits per heavy atom. The van der Waals surface area contributed by atoms with Crippen molar-refractivity contribution < 1.29 is 28.6 Å². The number of hydrogen-bond donors (Lipinski definition) is 3. The van der Waals surface area contributed by atoms with Crippen LogP contribution in [0, 0.1) is 6.92 Å². The van der Waals surface area contributed by atoms with Crippen LogP contribution >= 0.6 is 0 Å². The van der Waals surface area contributed by atoms with Crippen LogP contribution in [0.4, 0.5) is 11.4 Å². The summed E-state index contributed by atoms with van der Waals surface area (Å²) in [6, 6.07) is 18.9. The van der Waals surface area contributed by atoms with Crippen LogP contribution in [0.5, 0.6) is 17.2 Å². The smallest absolute Gasteiger partial charge is 0.329 e. The van der Waals surface area contributed by atoms with Crippen molar-refractivity contribution in [2.75, 3.05) is 31.5 Å². The van der Waals surface area contributed by atoms with Crippen LogP contribution in [0.2, 0.25) is 0 Å². The van der Waals surface area contributed by atoms with Gasteiger partial charge in [-0.2, -0.15) is 5.10 Å². The summed E-state index contributed by atoms with van der Waals surface area (Å²) in [6.45, 7) is 1.58. The van der Waals surface area contributed by atoms with Gasteiger partial charge in [0.1, 0.15) is 5.75 Å². The first-order valence-corrected chi connectivity index (χ1v) is 10.8. The first-order chi connectivity index (χ1) is 17.4. The molecule has 0 fully saturated rings. The van der Waals surface area contributed by atoms with Crippen molar-refractivity contribution >= 4 is 35.3 Å². The Hall–Kier alpha value is -4.86. The SMILES string of the molecule is COc1ccc(NC(=O)COc2ccc(/C=N\NC(=O)C(=O)Nc3ccccc3C)cc2OC)cc1. The fraction of sp³-hybridized carbons (Fsp3) is 0.154. The number of ether oxygens (including phenoxy) is 3. The molecule has 0 atom stereocenters. The zero-order valence-corrected chi connectivity index (χ0v) is 20.0. The highest BCUT2D eigenvalue weighted by atomic mass is 16.5. The van der Waals surface area contributed by atoms with Crippen molar-refractivity contribution in [3.05, 3.63) is 77.9 Å². The average molecular weight is 491 g/mol. The largest absolute Gasteiger partial charge is 0.497 e. The molecule has 3 aromatic carbocycles. The van der Waals surface area contributed by atoms with Crippen LogP contribution in [0.15, 0.2) is 71.8 Å². The predicted octanol–water partition coefficient (Wildman–Crippen LogP) is 3.12. The second-order valence-electron chi connectivity index (χ2n) is 7.44. The maximum Gasteiger partial charge on any atom is 0.329 e. The minimum Gasteiger partial charge on any atom is -0.497 e. The Balaban J connectivity index is 1.52. The molecule has 3 amide bonds. The van der Waals surface area contributed by atoms with Crippen molar-refractivity contribution in [3.8, 4) is 17.2 Å². The summed E-state index contributed by atoms with van der Waals surface area (Å²) >= 11 is 0. The van der Waals surface area contributed by atoms with E-state index in [1.165, 1.54) is 13.3 Å². The molecule has 0 aliphatic carbocycles. The molecule has 0 unspecified atom stereocenters. The quantitative estimate of drug-likeness (QED) is 0.240. The van der Waals surface area contributed by atoms with Gasteiger partial charge in [-0.25, -0.2) is 5.43 Å². The second kappa shape index (κ2) is 12.6. The summed E-state index contributed by atoms with van der Waals surface area (Å²) < 4.78 is 16.0. The molecule has 10 heteroatoms. The van der Waals surface area contributed by atoms with Gasteiger partial charge in [-0.05, 0) is 66.6 Å². The topological polar surface area (TPSA) is 127 Å². The molecule has 0 aromatic heterocycles. The summed E-state index contributed by atoms with van der Waals surface area (Å²) in [5.41, 5.74) is 4.73. The predicted molar refractivity (Wildman–Crippen MR) is 136 cm³/mol. The molecule has 0 saturated heterocycles. The molecule has 3 N–H and O–H groups in total. The van der Waals surface area contributed by atoms with Crippen molar-refractivity contribution in [2.24, 2.45) is 5.10 Å². The van der Waals surface area contributed by atoms with Crippen LogP contribution in [0.1, 0.15) is 11.1 Å². The number of aryl methyl sites for hydroxylation is 1. The van der Waals surface area contributed by atoms with Crippen LogP contribution < -0.4 is 30.3 Å². The van der Waals surface area contributed by atoms with Gasteiger partial charge in [0.2, 0.25) is 0 Å². The number of para-hydroxylation sites is 1. The number of carbonyl (C=O) groups is 3. The van der Waals surface area contributed by atoms with E-state index in [1.54, 1.807) is 61.7 Å². The van der Waals surface area contributed by atoms with Crippen LogP contribution in [-0.4, -0.2) is 44.8 Å². The highest BCUT2D eigenvalue weighted by Crippen LogP contribution is 2.27. The maximum atomic E-state index is 12.2. The molecule has 0 bridgehead atoms. The van der Waals surface area contributed by atoms with E-state index >= 15 is 0 Å². The van der Waals surface area contributed by atoms with E-state index < -0.39 is 11.8 Å². The molecule has 36 heavy (non-hydrogen) atoms. The first-order valence-electron chi connectivity index (χ1n) is 10.8. The van der Waals surface area contributed by atoms with Crippen molar-refractivity contribution in [1.82, 2.24) is 5.43 Å². The van der Waals surface area contributed by atoms with Gasteiger partial charge in [0.15, 0.2) is 18.1 Å². The van der Waals surface area contributed by atoms with Crippen LogP contribution in [0.25, 0.3) is 0 Å². The van der Waals surface area contributed by atoms with Crippen LogP contribution in [-0.2, 0) is 14.4 Å². The Labute approximate surface area is 208 Å². The summed E-state index contributed by atoms with van der Waals surface area (Å²) in [7, 11) is 3.02. The number of methoxy groups -OCH3 is 2. The molecule has 3 rings (SSSR count). The molecular formula is C26H26N4O6. The average Bonchev–Trinajstić information content (AvgIpc) is 2.89. The molecule has 0 spiro atoms. The van der Waals surface area contributed by atoms with E-state index in [0.717, 1.165) is 5.56 Å². The number of carbonyl (C=O) groups excluding carboxylic acids is 3. The minimum absolute atomic E-state index is 0.234. The van der Waals surface area contributed by atoms with Gasteiger partial charge in [0.05, 0.1) is 20.4 Å². The van der Waals surface area contributed by atoms with Gasteiger partial charge in [0, 0.05) is 11.4 Å². The van der Waals surface area contributed by atoms with Gasteiger partial charge in [-0.15, -0.1) is 0 Å². The van der Waals surface area contributed by atoms with Crippen molar-refractivity contribution in [3.63, 3.8) is 0 Å². The molecule has 0 aliphatic heterocycles. The molecule has 0 heterocycles. The number of hydrazone groups is 1. The van der Waals surface area contributed by atoms with E-state index in [9.17, 15) is 14.4 Å². The van der Waals surface area contributed by atoms with E-state index in [0.29, 0.717) is 34.2 Å². The Bertz CT molecular complexity index is 1260. The highest BCUT2D eigenvalue weighted by Gasteiger charge is 2.14. The molecule has 0 saturated carbocycles. The maximum absolute atomic E-state index is 12.2. The van der Waals surface area contributed by atoms with Gasteiger partial charge in [0.25, 0.3) is 5.91 Å². The summed E-state index contributed by atoms with van der Waals surface area (Å²) in [6.07, 6.45) is 1.35. The third-order valence-corrected chi connectivity index (χ3v) is 4.90. The number of amides is 3. The van der Waals surface area contributed by atoms with E-state index in [1.807, 2.05) is 19.1 Å². The second-order valence-corrected chi connectivity index (χ2v) is 7.44. The van der Waals surface area contributed by atoms with Crippen molar-refractivity contribution in [1.29, 1.82) is 0 Å². The lowest BCUT2D eigenvalue weighted by molar-refractivity contribution is -0.136. The highest BCUT2D eigenvalue weighted by molar-refractivity contribution is 6.39. The van der Waals surface area contributed by atoms with Crippen molar-refractivity contribution in [2.45, 2.75) is 6.92 Å². The molecule has 186 valence electrons. The first kappa shape index (κ1) is 25.8. The van der Waals surface area contributed by atoms with Gasteiger partial charge >= 0.3 is 11.8 Å². The zero-order valence-electron chi connectivity index (χ0n) is 20.0. The zero-order chi connectivity index (χ0) is 25.9. The number of nitrogens with zero attached hydrogens (tertiary/aromatic N) is 1. The summed E-state index contributed by atoms with van der Waals surface area (Å²) in [5, 5.41) is 9.06. The normalized spacial score (nSPS) is 10.4. The Morgan fingerprint density at radius 3 is 2.31 bits per heavy atom. The number of benzene rings is 3. The molecular weight excluding hydrogens is 464 g/mol. The van der Waals surface area contributed by atoms with Gasteiger partial charge in [-0.1, -0.05) is 18.2 Å². The lowest BCUT2D eigenvalue weighted by atomic mass is 10.2.